The summed E-state index contributed by atoms with van der Waals surface area (Å²) in [4.78, 5) is 39.6. The Morgan fingerprint density at radius 3 is 2.18 bits per heavy atom. The lowest BCUT2D eigenvalue weighted by atomic mass is 9.64. The topological polar surface area (TPSA) is 128 Å². The number of carbonyl (C=O) groups excluding carboxylic acids is 3. The van der Waals surface area contributed by atoms with E-state index in [1.54, 1.807) is 18.2 Å². The Kier molecular flexibility index (Phi) is 11.8. The fraction of sp³-hybridized carbons (Fsp3) is 0.483. The molecule has 0 spiro atoms. The molecule has 10 heteroatoms. The molecule has 0 bridgehead atoms. The molecule has 1 aliphatic carbocycles. The highest BCUT2D eigenvalue weighted by Gasteiger charge is 2.38. The van der Waals surface area contributed by atoms with Gasteiger partial charge in [0, 0.05) is 17.9 Å². The minimum Gasteiger partial charge on any atom is -0.426 e. The predicted octanol–water partition coefficient (Wildman–Crippen LogP) is 2.83. The smallest absolute Gasteiger partial charge is 0.426 e. The van der Waals surface area contributed by atoms with Gasteiger partial charge in [-0.25, -0.2) is 0 Å². The largest absolute Gasteiger partial charge is 0.475 e. The average molecular weight is 556 g/mol. The normalized spacial score (nSPS) is 15.5. The van der Waals surface area contributed by atoms with Gasteiger partial charge in [-0.15, -0.1) is 0 Å². The summed E-state index contributed by atoms with van der Waals surface area (Å²) in [6.07, 6.45) is 3.87. The number of rotatable bonds is 14. The maximum atomic E-state index is 13.5. The van der Waals surface area contributed by atoms with Crippen LogP contribution >= 0.6 is 11.6 Å². The van der Waals surface area contributed by atoms with Crippen molar-refractivity contribution in [3.8, 4) is 0 Å². The van der Waals surface area contributed by atoms with Crippen molar-refractivity contribution in [1.82, 2.24) is 16.0 Å². The zero-order chi connectivity index (χ0) is 28.4. The van der Waals surface area contributed by atoms with Crippen LogP contribution in [0.4, 0.5) is 0 Å². The number of amides is 3. The minimum absolute atomic E-state index is 0.0103. The molecule has 0 unspecified atom stereocenters. The number of nitrogens with one attached hydrogen (secondary N) is 3. The first-order valence-electron chi connectivity index (χ1n) is 13.7. The van der Waals surface area contributed by atoms with Gasteiger partial charge in [-0.1, -0.05) is 74.3 Å². The molecule has 3 rings (SSSR count). The second-order valence-corrected chi connectivity index (χ2v) is 11.2. The lowest BCUT2D eigenvalue weighted by Gasteiger charge is -2.35. The van der Waals surface area contributed by atoms with E-state index in [0.717, 1.165) is 30.4 Å². The first-order chi connectivity index (χ1) is 18.6. The zero-order valence-corrected chi connectivity index (χ0v) is 23.4. The third-order valence-electron chi connectivity index (χ3n) is 7.09. The molecule has 1 fully saturated rings. The van der Waals surface area contributed by atoms with Crippen LogP contribution in [0.3, 0.4) is 0 Å². The fourth-order valence-corrected chi connectivity index (χ4v) is 4.97. The quantitative estimate of drug-likeness (QED) is 0.229. The highest BCUT2D eigenvalue weighted by molar-refractivity contribution is 6.43. The summed E-state index contributed by atoms with van der Waals surface area (Å²) in [5.41, 5.74) is 1.79. The standard InChI is InChI=1S/C29H39BClN3O5/c1-19(2)16-24(29(37)34-27(30(38)39)22-11-7-12-22)33-28(36)25(18-21-10-6-13-23(31)17-21)32-26(35)15-14-20-8-4-3-5-9-20/h3-6,8-10,13,17,19,22,24-25,27,38-39H,7,11-12,14-16,18H2,1-2H3,(H,32,35)(H,33,36)(H,34,37)/t24-,25-,27-/m0/s1. The molecular weight excluding hydrogens is 517 g/mol. The molecule has 0 radical (unpaired) electrons. The van der Waals surface area contributed by atoms with Gasteiger partial charge in [0.05, 0.1) is 5.94 Å². The second kappa shape index (κ2) is 15.1. The number of carbonyl (C=O) groups is 3. The highest BCUT2D eigenvalue weighted by atomic mass is 35.5. The maximum absolute atomic E-state index is 13.5. The van der Waals surface area contributed by atoms with Gasteiger partial charge in [0.1, 0.15) is 12.1 Å². The fourth-order valence-electron chi connectivity index (χ4n) is 4.75. The molecule has 0 aliphatic heterocycles. The molecule has 8 nitrogen and oxygen atoms in total. The Bertz CT molecular complexity index is 1100. The zero-order valence-electron chi connectivity index (χ0n) is 22.6. The van der Waals surface area contributed by atoms with Gasteiger partial charge in [0.25, 0.3) is 0 Å². The molecule has 2 aromatic carbocycles. The van der Waals surface area contributed by atoms with E-state index in [9.17, 15) is 24.4 Å². The van der Waals surface area contributed by atoms with Crippen molar-refractivity contribution in [2.45, 2.75) is 76.8 Å². The number of aryl methyl sites for hydroxylation is 1. The first kappa shape index (κ1) is 30.7. The molecule has 5 N–H and O–H groups in total. The number of hydrogen-bond acceptors (Lipinski definition) is 5. The Morgan fingerprint density at radius 2 is 1.59 bits per heavy atom. The highest BCUT2D eigenvalue weighted by Crippen LogP contribution is 2.30. The SMILES string of the molecule is CC(C)C[C@H](NC(=O)[C@H](Cc1cccc(Cl)c1)NC(=O)CCc1ccccc1)C(=O)N[C@H](B(O)O)C1CCC1. The van der Waals surface area contributed by atoms with Crippen LogP contribution in [0.15, 0.2) is 54.6 Å². The van der Waals surface area contributed by atoms with Crippen LogP contribution in [0.1, 0.15) is 57.1 Å². The third-order valence-corrected chi connectivity index (χ3v) is 7.33. The summed E-state index contributed by atoms with van der Waals surface area (Å²) >= 11 is 6.15. The van der Waals surface area contributed by atoms with Crippen molar-refractivity contribution in [3.05, 3.63) is 70.7 Å². The molecule has 1 saturated carbocycles. The first-order valence-corrected chi connectivity index (χ1v) is 14.0. The van der Waals surface area contributed by atoms with Gasteiger partial charge in [0.15, 0.2) is 0 Å². The molecule has 0 saturated heterocycles. The van der Waals surface area contributed by atoms with E-state index in [0.29, 0.717) is 17.9 Å². The second-order valence-electron chi connectivity index (χ2n) is 10.8. The van der Waals surface area contributed by atoms with E-state index in [2.05, 4.69) is 16.0 Å². The molecule has 2 aromatic rings. The van der Waals surface area contributed by atoms with Crippen molar-refractivity contribution >= 4 is 36.4 Å². The number of hydrogen-bond donors (Lipinski definition) is 5. The lowest BCUT2D eigenvalue weighted by Crippen LogP contribution is -2.59. The molecule has 39 heavy (non-hydrogen) atoms. The van der Waals surface area contributed by atoms with Crippen molar-refractivity contribution in [2.24, 2.45) is 11.8 Å². The van der Waals surface area contributed by atoms with Crippen molar-refractivity contribution in [1.29, 1.82) is 0 Å². The van der Waals surface area contributed by atoms with Gasteiger partial charge in [0.2, 0.25) is 17.7 Å². The molecular formula is C29H39BClN3O5. The predicted molar refractivity (Wildman–Crippen MR) is 153 cm³/mol. The van der Waals surface area contributed by atoms with Crippen molar-refractivity contribution in [2.75, 3.05) is 0 Å². The van der Waals surface area contributed by atoms with Gasteiger partial charge in [-0.3, -0.25) is 14.4 Å². The summed E-state index contributed by atoms with van der Waals surface area (Å²) in [5.74, 6) is -1.97. The Hall–Kier alpha value is -2.88. The van der Waals surface area contributed by atoms with Crippen LogP contribution in [0.25, 0.3) is 0 Å². The summed E-state index contributed by atoms with van der Waals surface area (Å²) in [7, 11) is -1.69. The number of halogens is 1. The van der Waals surface area contributed by atoms with Crippen molar-refractivity contribution < 1.29 is 24.4 Å². The Balaban J connectivity index is 1.72. The van der Waals surface area contributed by atoms with Gasteiger partial charge in [-0.2, -0.15) is 0 Å². The minimum atomic E-state index is -1.69. The molecule has 3 atom stereocenters. The number of benzene rings is 2. The Morgan fingerprint density at radius 1 is 0.923 bits per heavy atom. The molecule has 3 amide bonds. The van der Waals surface area contributed by atoms with Crippen LogP contribution in [-0.2, 0) is 27.2 Å². The van der Waals surface area contributed by atoms with Gasteiger partial charge >= 0.3 is 7.12 Å². The van der Waals surface area contributed by atoms with E-state index in [-0.39, 0.29) is 30.6 Å². The van der Waals surface area contributed by atoms with E-state index in [1.165, 1.54) is 0 Å². The van der Waals surface area contributed by atoms with E-state index in [1.807, 2.05) is 50.2 Å². The van der Waals surface area contributed by atoms with Gasteiger partial charge in [-0.05, 0) is 60.8 Å². The van der Waals surface area contributed by atoms with Crippen LogP contribution in [0.2, 0.25) is 5.02 Å². The van der Waals surface area contributed by atoms with Crippen LogP contribution < -0.4 is 16.0 Å². The molecule has 0 aromatic heterocycles. The van der Waals surface area contributed by atoms with E-state index >= 15 is 0 Å². The lowest BCUT2D eigenvalue weighted by molar-refractivity contribution is -0.132. The Labute approximate surface area is 236 Å². The summed E-state index contributed by atoms with van der Waals surface area (Å²) in [5, 5.41) is 28.6. The third kappa shape index (κ3) is 9.99. The van der Waals surface area contributed by atoms with E-state index < -0.39 is 37.0 Å². The maximum Gasteiger partial charge on any atom is 0.475 e. The molecule has 1 aliphatic rings. The summed E-state index contributed by atoms with van der Waals surface area (Å²) < 4.78 is 0. The average Bonchev–Trinajstić information content (AvgIpc) is 2.85. The monoisotopic (exact) mass is 555 g/mol. The molecule has 210 valence electrons. The summed E-state index contributed by atoms with van der Waals surface area (Å²) in [6.45, 7) is 3.87. The van der Waals surface area contributed by atoms with E-state index in [4.69, 9.17) is 11.6 Å². The van der Waals surface area contributed by atoms with Crippen LogP contribution in [0, 0.1) is 11.8 Å². The molecule has 0 heterocycles. The van der Waals surface area contributed by atoms with Crippen LogP contribution in [-0.4, -0.2) is 52.9 Å². The van der Waals surface area contributed by atoms with Crippen LogP contribution in [0.5, 0.6) is 0 Å². The van der Waals surface area contributed by atoms with Crippen molar-refractivity contribution in [3.63, 3.8) is 0 Å². The summed E-state index contributed by atoms with van der Waals surface area (Å²) in [6, 6.07) is 14.9. The van der Waals surface area contributed by atoms with Gasteiger partial charge < -0.3 is 26.0 Å².